The zero-order chi connectivity index (χ0) is 13.1. The molecule has 1 aromatic heterocycles. The van der Waals surface area contributed by atoms with Crippen molar-refractivity contribution < 1.29 is 4.92 Å². The van der Waals surface area contributed by atoms with Crippen LogP contribution in [0.2, 0.25) is 0 Å². The highest BCUT2D eigenvalue weighted by Gasteiger charge is 2.08. The van der Waals surface area contributed by atoms with E-state index < -0.39 is 4.92 Å². The van der Waals surface area contributed by atoms with E-state index in [1.807, 2.05) is 19.2 Å². The van der Waals surface area contributed by atoms with Gasteiger partial charge in [-0.2, -0.15) is 0 Å². The van der Waals surface area contributed by atoms with Gasteiger partial charge in [-0.15, -0.1) is 11.3 Å². The Kier molecular flexibility index (Phi) is 3.57. The fourth-order valence-corrected chi connectivity index (χ4v) is 2.20. The largest absolute Gasteiger partial charge is 0.379 e. The molecule has 0 radical (unpaired) electrons. The predicted octanol–water partition coefficient (Wildman–Crippen LogP) is 3.28. The summed E-state index contributed by atoms with van der Waals surface area (Å²) in [5.74, 6) is 0. The summed E-state index contributed by atoms with van der Waals surface area (Å²) in [5.41, 5.74) is 2.79. The summed E-state index contributed by atoms with van der Waals surface area (Å²) in [6.07, 6.45) is 0. The lowest BCUT2D eigenvalue weighted by Crippen LogP contribution is -2.02. The summed E-state index contributed by atoms with van der Waals surface area (Å²) in [6, 6.07) is 4.80. The third kappa shape index (κ3) is 2.84. The van der Waals surface area contributed by atoms with Crippen LogP contribution >= 0.6 is 11.3 Å². The highest BCUT2D eigenvalue weighted by Crippen LogP contribution is 2.22. The molecule has 0 aliphatic heterocycles. The highest BCUT2D eigenvalue weighted by molar-refractivity contribution is 7.09. The van der Waals surface area contributed by atoms with Gasteiger partial charge in [0.05, 0.1) is 22.2 Å². The number of rotatable bonds is 4. The first kappa shape index (κ1) is 12.5. The molecule has 0 amide bonds. The lowest BCUT2D eigenvalue weighted by Gasteiger charge is -2.07. The average molecular weight is 263 g/mol. The summed E-state index contributed by atoms with van der Waals surface area (Å²) >= 11 is 1.59. The van der Waals surface area contributed by atoms with Gasteiger partial charge in [-0.05, 0) is 19.4 Å². The quantitative estimate of drug-likeness (QED) is 0.679. The predicted molar refractivity (Wildman–Crippen MR) is 72.0 cm³/mol. The molecule has 0 unspecified atom stereocenters. The van der Waals surface area contributed by atoms with E-state index in [9.17, 15) is 10.1 Å². The van der Waals surface area contributed by atoms with Gasteiger partial charge in [-0.1, -0.05) is 6.07 Å². The van der Waals surface area contributed by atoms with Crippen molar-refractivity contribution in [2.75, 3.05) is 5.32 Å². The Morgan fingerprint density at radius 2 is 2.22 bits per heavy atom. The molecule has 0 saturated heterocycles. The van der Waals surface area contributed by atoms with Gasteiger partial charge in [0.15, 0.2) is 0 Å². The maximum Gasteiger partial charge on any atom is 0.271 e. The minimum absolute atomic E-state index is 0.0950. The number of hydrogen-bond acceptors (Lipinski definition) is 5. The average Bonchev–Trinajstić information content (AvgIpc) is 2.74. The monoisotopic (exact) mass is 263 g/mol. The summed E-state index contributed by atoms with van der Waals surface area (Å²) in [7, 11) is 0. The third-order valence-electron chi connectivity index (χ3n) is 2.56. The molecule has 1 heterocycles. The van der Waals surface area contributed by atoms with Crippen molar-refractivity contribution in [1.29, 1.82) is 0 Å². The number of benzene rings is 1. The number of anilines is 1. The van der Waals surface area contributed by atoms with E-state index in [-0.39, 0.29) is 5.69 Å². The molecule has 0 atom stereocenters. The number of aromatic nitrogens is 1. The zero-order valence-corrected chi connectivity index (χ0v) is 11.0. The van der Waals surface area contributed by atoms with Crippen molar-refractivity contribution >= 4 is 22.7 Å². The first-order valence-corrected chi connectivity index (χ1v) is 6.34. The first-order valence-electron chi connectivity index (χ1n) is 5.46. The standard InChI is InChI=1S/C12H13N3O2S/c1-8-3-4-11(15(16)17)5-12(8)13-6-10-7-18-9(2)14-10/h3-5,7,13H,6H2,1-2H3. The van der Waals surface area contributed by atoms with Gasteiger partial charge in [0, 0.05) is 23.2 Å². The van der Waals surface area contributed by atoms with Crippen LogP contribution < -0.4 is 5.32 Å². The number of nitrogens with one attached hydrogen (secondary N) is 1. The normalized spacial score (nSPS) is 10.3. The van der Waals surface area contributed by atoms with E-state index in [4.69, 9.17) is 0 Å². The summed E-state index contributed by atoms with van der Waals surface area (Å²) in [4.78, 5) is 14.7. The second kappa shape index (κ2) is 5.14. The van der Waals surface area contributed by atoms with Crippen LogP contribution in [0.4, 0.5) is 11.4 Å². The molecule has 0 bridgehead atoms. The Hall–Kier alpha value is -1.95. The Morgan fingerprint density at radius 3 is 2.83 bits per heavy atom. The number of nitro benzene ring substituents is 1. The summed E-state index contributed by atoms with van der Waals surface area (Å²) in [6.45, 7) is 4.44. The molecule has 5 nitrogen and oxygen atoms in total. The van der Waals surface area contributed by atoms with Crippen LogP contribution in [0.25, 0.3) is 0 Å². The van der Waals surface area contributed by atoms with Crippen LogP contribution in [0.1, 0.15) is 16.3 Å². The van der Waals surface area contributed by atoms with Crippen LogP contribution in [0.3, 0.4) is 0 Å². The molecule has 2 aromatic rings. The van der Waals surface area contributed by atoms with E-state index in [2.05, 4.69) is 10.3 Å². The molecular formula is C12H13N3O2S. The maximum atomic E-state index is 10.7. The van der Waals surface area contributed by atoms with Gasteiger partial charge < -0.3 is 5.32 Å². The number of nitrogens with zero attached hydrogens (tertiary/aromatic N) is 2. The molecule has 18 heavy (non-hydrogen) atoms. The second-order valence-corrected chi connectivity index (χ2v) is 5.03. The molecule has 0 spiro atoms. The van der Waals surface area contributed by atoms with Crippen molar-refractivity contribution in [3.8, 4) is 0 Å². The fraction of sp³-hybridized carbons (Fsp3) is 0.250. The number of hydrogen-bond donors (Lipinski definition) is 1. The molecule has 0 fully saturated rings. The van der Waals surface area contributed by atoms with Crippen LogP contribution in [0.5, 0.6) is 0 Å². The van der Waals surface area contributed by atoms with Gasteiger partial charge in [-0.3, -0.25) is 10.1 Å². The van der Waals surface area contributed by atoms with Crippen LogP contribution in [0, 0.1) is 24.0 Å². The number of nitro groups is 1. The van der Waals surface area contributed by atoms with Crippen molar-refractivity contribution in [2.24, 2.45) is 0 Å². The third-order valence-corrected chi connectivity index (χ3v) is 3.38. The van der Waals surface area contributed by atoms with Crippen molar-refractivity contribution in [3.05, 3.63) is 50.0 Å². The summed E-state index contributed by atoms with van der Waals surface area (Å²) < 4.78 is 0. The minimum atomic E-state index is -0.391. The van der Waals surface area contributed by atoms with E-state index in [0.717, 1.165) is 22.0 Å². The molecule has 0 aliphatic carbocycles. The van der Waals surface area contributed by atoms with Gasteiger partial charge in [0.25, 0.3) is 5.69 Å². The smallest absolute Gasteiger partial charge is 0.271 e. The number of thiazole rings is 1. The Balaban J connectivity index is 2.13. The van der Waals surface area contributed by atoms with Crippen LogP contribution in [0.15, 0.2) is 23.6 Å². The van der Waals surface area contributed by atoms with Gasteiger partial charge in [-0.25, -0.2) is 4.98 Å². The Morgan fingerprint density at radius 1 is 1.44 bits per heavy atom. The molecule has 0 aliphatic rings. The van der Waals surface area contributed by atoms with E-state index in [0.29, 0.717) is 6.54 Å². The lowest BCUT2D eigenvalue weighted by atomic mass is 10.2. The minimum Gasteiger partial charge on any atom is -0.379 e. The van der Waals surface area contributed by atoms with E-state index in [1.54, 1.807) is 23.5 Å². The Labute approximate surface area is 109 Å². The first-order chi connectivity index (χ1) is 8.56. The van der Waals surface area contributed by atoms with Crippen LogP contribution in [-0.2, 0) is 6.54 Å². The molecule has 1 aromatic carbocycles. The molecular weight excluding hydrogens is 250 g/mol. The fourth-order valence-electron chi connectivity index (χ4n) is 1.59. The van der Waals surface area contributed by atoms with E-state index in [1.165, 1.54) is 6.07 Å². The van der Waals surface area contributed by atoms with Crippen molar-refractivity contribution in [3.63, 3.8) is 0 Å². The number of aryl methyl sites for hydroxylation is 2. The molecule has 2 rings (SSSR count). The van der Waals surface area contributed by atoms with Gasteiger partial charge in [0.2, 0.25) is 0 Å². The van der Waals surface area contributed by atoms with Crippen molar-refractivity contribution in [2.45, 2.75) is 20.4 Å². The second-order valence-electron chi connectivity index (χ2n) is 3.97. The van der Waals surface area contributed by atoms with Gasteiger partial charge >= 0.3 is 0 Å². The lowest BCUT2D eigenvalue weighted by molar-refractivity contribution is -0.384. The Bertz CT molecular complexity index is 580. The molecule has 1 N–H and O–H groups in total. The highest BCUT2D eigenvalue weighted by atomic mass is 32.1. The van der Waals surface area contributed by atoms with Gasteiger partial charge in [0.1, 0.15) is 0 Å². The maximum absolute atomic E-state index is 10.7. The molecule has 6 heteroatoms. The SMILES string of the molecule is Cc1nc(CNc2cc([N+](=O)[O-])ccc2C)cs1. The molecule has 94 valence electrons. The topological polar surface area (TPSA) is 68.1 Å². The summed E-state index contributed by atoms with van der Waals surface area (Å²) in [5, 5.41) is 16.9. The van der Waals surface area contributed by atoms with Crippen molar-refractivity contribution in [1.82, 2.24) is 4.98 Å². The van der Waals surface area contributed by atoms with E-state index >= 15 is 0 Å². The number of non-ortho nitro benzene ring substituents is 1. The van der Waals surface area contributed by atoms with Crippen LogP contribution in [-0.4, -0.2) is 9.91 Å². The zero-order valence-electron chi connectivity index (χ0n) is 10.1. The molecule has 0 saturated carbocycles.